The first-order chi connectivity index (χ1) is 11.3. The van der Waals surface area contributed by atoms with Gasteiger partial charge in [0.2, 0.25) is 0 Å². The van der Waals surface area contributed by atoms with Gasteiger partial charge in [-0.2, -0.15) is 13.5 Å². The minimum Gasteiger partial charge on any atom is -0.355 e. The molecule has 2 aromatic heterocycles. The first kappa shape index (κ1) is 19.5. The number of halogens is 1. The average Bonchev–Trinajstić information content (AvgIpc) is 2.87. The lowest BCUT2D eigenvalue weighted by Crippen LogP contribution is -2.19. The zero-order chi connectivity index (χ0) is 17.4. The van der Waals surface area contributed by atoms with E-state index in [1.807, 2.05) is 19.1 Å². The van der Waals surface area contributed by atoms with Gasteiger partial charge in [-0.05, 0) is 38.1 Å². The van der Waals surface area contributed by atoms with Gasteiger partial charge in [-0.25, -0.2) is 4.98 Å². The number of anilines is 1. The molecule has 0 saturated heterocycles. The third kappa shape index (κ3) is 4.05. The number of hydrogen-bond acceptors (Lipinski definition) is 5. The van der Waals surface area contributed by atoms with Gasteiger partial charge in [0.05, 0.1) is 16.6 Å². The molecule has 0 unspecified atom stereocenters. The van der Waals surface area contributed by atoms with Gasteiger partial charge in [0.15, 0.2) is 10.9 Å². The van der Waals surface area contributed by atoms with Crippen molar-refractivity contribution in [1.82, 2.24) is 9.97 Å². The molecule has 2 N–H and O–H groups in total. The molecule has 0 fully saturated rings. The molecule has 0 aliphatic heterocycles. The number of thiazole rings is 1. The first-order valence-corrected chi connectivity index (χ1v) is 8.62. The molecule has 0 amide bonds. The molecule has 3 aromatic rings. The van der Waals surface area contributed by atoms with E-state index < -0.39 is 0 Å². The van der Waals surface area contributed by atoms with Gasteiger partial charge >= 0.3 is 0 Å². The van der Waals surface area contributed by atoms with Crippen molar-refractivity contribution in [1.29, 1.82) is 0 Å². The minimum absolute atomic E-state index is 0. The summed E-state index contributed by atoms with van der Waals surface area (Å²) in [5.41, 5.74) is 1.86. The van der Waals surface area contributed by atoms with Gasteiger partial charge in [0.1, 0.15) is 0 Å². The second-order valence-electron chi connectivity index (χ2n) is 5.64. The molecule has 2 heterocycles. The minimum atomic E-state index is -0.262. The normalized spacial score (nSPS) is 11.8. The van der Waals surface area contributed by atoms with Gasteiger partial charge in [-0.15, -0.1) is 0 Å². The molecule has 25 heavy (non-hydrogen) atoms. The smallest absolute Gasteiger partial charge is 0.253 e. The maximum absolute atomic E-state index is 12.3. The summed E-state index contributed by atoms with van der Waals surface area (Å²) in [4.78, 5) is 31.7. The van der Waals surface area contributed by atoms with Crippen molar-refractivity contribution in [3.05, 3.63) is 55.8 Å². The number of aromatic nitrogens is 2. The zero-order valence-corrected chi connectivity index (χ0v) is 16.5. The highest BCUT2D eigenvalue weighted by molar-refractivity contribution is 7.59. The Morgan fingerprint density at radius 3 is 2.72 bits per heavy atom. The van der Waals surface area contributed by atoms with E-state index in [1.54, 1.807) is 19.1 Å². The van der Waals surface area contributed by atoms with Crippen molar-refractivity contribution in [3.8, 4) is 0 Å². The molecule has 3 rings (SSSR count). The molecule has 132 valence electrons. The van der Waals surface area contributed by atoms with Crippen LogP contribution in [0.2, 0.25) is 5.02 Å². The fourth-order valence-corrected chi connectivity index (χ4v) is 3.69. The van der Waals surface area contributed by atoms with Crippen molar-refractivity contribution in [2.24, 2.45) is 0 Å². The molecule has 8 heteroatoms. The van der Waals surface area contributed by atoms with Gasteiger partial charge < -0.3 is 10.3 Å². The Bertz CT molecular complexity index is 997. The second kappa shape index (κ2) is 7.59. The fraction of sp³-hybridized carbons (Fsp3) is 0.235. The fourth-order valence-electron chi connectivity index (χ4n) is 2.56. The predicted molar refractivity (Wildman–Crippen MR) is 109 cm³/mol. The molecule has 0 bridgehead atoms. The van der Waals surface area contributed by atoms with Crippen LogP contribution in [0.5, 0.6) is 0 Å². The summed E-state index contributed by atoms with van der Waals surface area (Å²) in [7, 11) is 0. The topological polar surface area (TPSA) is 74.8 Å². The Morgan fingerprint density at radius 1 is 1.36 bits per heavy atom. The van der Waals surface area contributed by atoms with E-state index >= 15 is 0 Å². The highest BCUT2D eigenvalue weighted by Gasteiger charge is 2.16. The van der Waals surface area contributed by atoms with Crippen molar-refractivity contribution in [3.63, 3.8) is 0 Å². The van der Waals surface area contributed by atoms with Crippen LogP contribution in [0.3, 0.4) is 0 Å². The molecule has 0 aliphatic carbocycles. The lowest BCUT2D eigenvalue weighted by atomic mass is 10.1. The summed E-state index contributed by atoms with van der Waals surface area (Å²) < 4.78 is 0. The average molecular weight is 396 g/mol. The Labute approximate surface area is 160 Å². The van der Waals surface area contributed by atoms with Crippen LogP contribution < -0.4 is 10.9 Å². The molecule has 0 radical (unpaired) electrons. The summed E-state index contributed by atoms with van der Waals surface area (Å²) in [6.07, 6.45) is 0. The number of ketones is 1. The van der Waals surface area contributed by atoms with Crippen molar-refractivity contribution in [2.45, 2.75) is 26.8 Å². The Morgan fingerprint density at radius 2 is 2.08 bits per heavy atom. The Kier molecular flexibility index (Phi) is 5.92. The number of Topliss-reactive ketones (excluding diaryl/α,β-unsaturated/α-hetero) is 1. The van der Waals surface area contributed by atoms with E-state index in [1.165, 1.54) is 18.3 Å². The molecular formula is C17H18ClN3O2S2. The number of aromatic amines is 1. The van der Waals surface area contributed by atoms with Gasteiger partial charge in [-0.1, -0.05) is 22.9 Å². The number of nitrogens with zero attached hydrogens (tertiary/aromatic N) is 1. The van der Waals surface area contributed by atoms with Crippen molar-refractivity contribution < 1.29 is 4.79 Å². The van der Waals surface area contributed by atoms with Crippen molar-refractivity contribution >= 4 is 58.3 Å². The van der Waals surface area contributed by atoms with E-state index in [9.17, 15) is 9.59 Å². The number of benzene rings is 1. The SMILES string of the molecule is CC(=O)c1sc(N[C@@H](C)c2cc3cc(Cl)ccc3[nH]c2=O)nc1C.S. The standard InChI is InChI=1S/C17H16ClN3O2S.H2S/c1-8(19-17-20-9(2)15(24-17)10(3)22)13-7-11-6-12(18)4-5-14(11)21-16(13)23;/h4-8H,1-3H3,(H,19,20)(H,21,23);1H2/t8-;/m0./s1. The molecule has 0 aliphatic rings. The molecular weight excluding hydrogens is 378 g/mol. The lowest BCUT2D eigenvalue weighted by molar-refractivity contribution is 0.102. The lowest BCUT2D eigenvalue weighted by Gasteiger charge is -2.13. The first-order valence-electron chi connectivity index (χ1n) is 7.42. The van der Waals surface area contributed by atoms with Gasteiger partial charge in [0.25, 0.3) is 5.56 Å². The van der Waals surface area contributed by atoms with E-state index in [-0.39, 0.29) is 30.9 Å². The summed E-state index contributed by atoms with van der Waals surface area (Å²) >= 11 is 7.32. The highest BCUT2D eigenvalue weighted by Crippen LogP contribution is 2.27. The summed E-state index contributed by atoms with van der Waals surface area (Å²) in [5.74, 6) is -0.0103. The van der Waals surface area contributed by atoms with Crippen LogP contribution in [0.4, 0.5) is 5.13 Å². The van der Waals surface area contributed by atoms with E-state index in [2.05, 4.69) is 15.3 Å². The number of fused-ring (bicyclic) bond motifs is 1. The zero-order valence-electron chi connectivity index (χ0n) is 13.9. The molecule has 0 spiro atoms. The number of H-pyrrole nitrogens is 1. The van der Waals surface area contributed by atoms with Crippen LogP contribution in [0.15, 0.2) is 29.1 Å². The monoisotopic (exact) mass is 395 g/mol. The van der Waals surface area contributed by atoms with Crippen LogP contribution in [-0.4, -0.2) is 15.8 Å². The number of carbonyl (C=O) groups excluding carboxylic acids is 1. The number of pyridine rings is 1. The summed E-state index contributed by atoms with van der Waals surface area (Å²) in [5, 5.41) is 5.30. The second-order valence-corrected chi connectivity index (χ2v) is 7.08. The van der Waals surface area contributed by atoms with Gasteiger partial charge in [0, 0.05) is 28.4 Å². The summed E-state index contributed by atoms with van der Waals surface area (Å²) in [6.45, 7) is 5.20. The van der Waals surface area contributed by atoms with Crippen LogP contribution in [-0.2, 0) is 0 Å². The van der Waals surface area contributed by atoms with Crippen LogP contribution >= 0.6 is 36.4 Å². The third-order valence-electron chi connectivity index (χ3n) is 3.76. The molecule has 0 saturated carbocycles. The maximum atomic E-state index is 12.3. The van der Waals surface area contributed by atoms with Crippen LogP contribution in [0, 0.1) is 6.92 Å². The molecule has 1 aromatic carbocycles. The Balaban J connectivity index is 0.00000225. The van der Waals surface area contributed by atoms with Crippen molar-refractivity contribution in [2.75, 3.05) is 5.32 Å². The number of hydrogen-bond donors (Lipinski definition) is 2. The van der Waals surface area contributed by atoms with E-state index in [4.69, 9.17) is 11.6 Å². The van der Waals surface area contributed by atoms with E-state index in [0.29, 0.717) is 26.3 Å². The number of aryl methyl sites for hydroxylation is 1. The Hall–Kier alpha value is -1.83. The van der Waals surface area contributed by atoms with Crippen LogP contribution in [0.25, 0.3) is 10.9 Å². The highest BCUT2D eigenvalue weighted by atomic mass is 35.5. The van der Waals surface area contributed by atoms with Gasteiger partial charge in [-0.3, -0.25) is 9.59 Å². The van der Waals surface area contributed by atoms with Crippen LogP contribution in [0.1, 0.15) is 40.8 Å². The quantitative estimate of drug-likeness (QED) is 0.640. The molecule has 5 nitrogen and oxygen atoms in total. The summed E-state index contributed by atoms with van der Waals surface area (Å²) in [6, 6.07) is 6.89. The number of nitrogens with one attached hydrogen (secondary N) is 2. The molecule has 1 atom stereocenters. The third-order valence-corrected chi connectivity index (χ3v) is 5.18. The number of rotatable bonds is 4. The maximum Gasteiger partial charge on any atom is 0.253 e. The number of carbonyl (C=O) groups is 1. The largest absolute Gasteiger partial charge is 0.355 e. The van der Waals surface area contributed by atoms with E-state index in [0.717, 1.165) is 10.9 Å². The predicted octanol–water partition coefficient (Wildman–Crippen LogP) is 4.43.